The number of carbonyl (C=O) groups is 1. The number of esters is 1. The molecule has 0 spiro atoms. The summed E-state index contributed by atoms with van der Waals surface area (Å²) in [5.41, 5.74) is 4.99. The van der Waals surface area contributed by atoms with E-state index in [1.165, 1.54) is 13.2 Å². The van der Waals surface area contributed by atoms with Crippen molar-refractivity contribution in [2.24, 2.45) is 5.73 Å². The smallest absolute Gasteiger partial charge is 0.306 e. The number of methoxy groups -OCH3 is 1. The maximum absolute atomic E-state index is 14.0. The topological polar surface area (TPSA) is 52.3 Å². The summed E-state index contributed by atoms with van der Waals surface area (Å²) in [6.07, 6.45) is 0.0356. The van der Waals surface area contributed by atoms with Crippen LogP contribution in [0.5, 0.6) is 0 Å². The number of hydrogen-bond donors (Lipinski definition) is 1. The zero-order valence-electron chi connectivity index (χ0n) is 11.3. The minimum absolute atomic E-state index is 0.0356. The van der Waals surface area contributed by atoms with Crippen molar-refractivity contribution in [3.8, 4) is 0 Å². The first-order valence-corrected chi connectivity index (χ1v) is 5.83. The van der Waals surface area contributed by atoms with Crippen molar-refractivity contribution < 1.29 is 13.9 Å². The van der Waals surface area contributed by atoms with E-state index in [1.807, 2.05) is 0 Å². The maximum Gasteiger partial charge on any atom is 0.306 e. The number of hydrogen-bond acceptors (Lipinski definition) is 3. The summed E-state index contributed by atoms with van der Waals surface area (Å²) in [5.74, 6) is -0.762. The lowest BCUT2D eigenvalue weighted by molar-refractivity contribution is -0.142. The fourth-order valence-electron chi connectivity index (χ4n) is 1.94. The minimum Gasteiger partial charge on any atom is -0.469 e. The van der Waals surface area contributed by atoms with E-state index in [1.54, 1.807) is 39.0 Å². The third-order valence-electron chi connectivity index (χ3n) is 3.62. The zero-order valence-corrected chi connectivity index (χ0v) is 11.3. The van der Waals surface area contributed by atoms with Crippen LogP contribution in [-0.4, -0.2) is 18.6 Å². The number of rotatable bonds is 4. The van der Waals surface area contributed by atoms with Gasteiger partial charge in [-0.25, -0.2) is 4.39 Å². The van der Waals surface area contributed by atoms with Gasteiger partial charge in [0.25, 0.3) is 0 Å². The Kier molecular flexibility index (Phi) is 4.12. The van der Waals surface area contributed by atoms with Gasteiger partial charge in [0.2, 0.25) is 0 Å². The summed E-state index contributed by atoms with van der Waals surface area (Å²) in [5, 5.41) is 0. The molecule has 0 bridgehead atoms. The first kappa shape index (κ1) is 14.6. The van der Waals surface area contributed by atoms with E-state index in [4.69, 9.17) is 5.73 Å². The van der Waals surface area contributed by atoms with Gasteiger partial charge in [0.15, 0.2) is 0 Å². The van der Waals surface area contributed by atoms with E-state index in [0.29, 0.717) is 5.56 Å². The van der Waals surface area contributed by atoms with E-state index in [9.17, 15) is 9.18 Å². The van der Waals surface area contributed by atoms with Crippen LogP contribution in [0.1, 0.15) is 32.8 Å². The van der Waals surface area contributed by atoms with Gasteiger partial charge in [-0.1, -0.05) is 25.1 Å². The van der Waals surface area contributed by atoms with Crippen molar-refractivity contribution >= 4 is 5.97 Å². The predicted octanol–water partition coefficient (Wildman–Crippen LogP) is 2.38. The number of halogens is 1. The Labute approximate surface area is 107 Å². The van der Waals surface area contributed by atoms with Crippen LogP contribution in [0.15, 0.2) is 24.3 Å². The van der Waals surface area contributed by atoms with Gasteiger partial charge in [0, 0.05) is 11.0 Å². The molecule has 0 radical (unpaired) electrons. The first-order valence-electron chi connectivity index (χ1n) is 5.83. The second kappa shape index (κ2) is 5.06. The highest BCUT2D eigenvalue weighted by molar-refractivity contribution is 5.71. The molecule has 0 heterocycles. The van der Waals surface area contributed by atoms with Crippen LogP contribution in [0.25, 0.3) is 0 Å². The summed E-state index contributed by atoms with van der Waals surface area (Å²) in [7, 11) is 1.31. The Morgan fingerprint density at radius 2 is 1.89 bits per heavy atom. The Morgan fingerprint density at radius 3 is 2.33 bits per heavy atom. The molecule has 1 aromatic rings. The SMILES string of the molecule is COC(=O)CC(C)(c1ccccc1F)C(C)(C)N. The number of benzene rings is 1. The highest BCUT2D eigenvalue weighted by atomic mass is 19.1. The number of carbonyl (C=O) groups excluding carboxylic acids is 1. The monoisotopic (exact) mass is 253 g/mol. The van der Waals surface area contributed by atoms with Gasteiger partial charge in [-0.2, -0.15) is 0 Å². The van der Waals surface area contributed by atoms with Crippen LogP contribution in [0.4, 0.5) is 4.39 Å². The molecular formula is C14H20FNO2. The molecule has 0 saturated heterocycles. The molecule has 0 saturated carbocycles. The molecular weight excluding hydrogens is 233 g/mol. The van der Waals surface area contributed by atoms with Crippen LogP contribution in [-0.2, 0) is 14.9 Å². The summed E-state index contributed by atoms with van der Waals surface area (Å²) < 4.78 is 18.6. The van der Waals surface area contributed by atoms with Gasteiger partial charge in [-0.3, -0.25) is 4.79 Å². The van der Waals surface area contributed by atoms with Gasteiger partial charge >= 0.3 is 5.97 Å². The standard InChI is InChI=1S/C14H20FNO2/c1-13(2,16)14(3,9-12(17)18-4)10-7-5-6-8-11(10)15/h5-8H,9,16H2,1-4H3. The molecule has 0 aliphatic heterocycles. The molecule has 2 N–H and O–H groups in total. The normalized spacial score (nSPS) is 15.0. The summed E-state index contributed by atoms with van der Waals surface area (Å²) in [6.45, 7) is 5.34. The van der Waals surface area contributed by atoms with Crippen molar-refractivity contribution in [2.75, 3.05) is 7.11 Å². The zero-order chi connectivity index (χ0) is 14.0. The lowest BCUT2D eigenvalue weighted by Crippen LogP contribution is -2.53. The first-order chi connectivity index (χ1) is 8.22. The lowest BCUT2D eigenvalue weighted by Gasteiger charge is -2.41. The number of ether oxygens (including phenoxy) is 1. The molecule has 4 heteroatoms. The maximum atomic E-state index is 14.0. The van der Waals surface area contributed by atoms with Crippen molar-refractivity contribution in [1.29, 1.82) is 0 Å². The van der Waals surface area contributed by atoms with Gasteiger partial charge in [0.05, 0.1) is 13.5 Å². The highest BCUT2D eigenvalue weighted by Gasteiger charge is 2.43. The Balaban J connectivity index is 3.30. The molecule has 1 aromatic carbocycles. The summed E-state index contributed by atoms with van der Waals surface area (Å²) in [6, 6.07) is 6.38. The lowest BCUT2D eigenvalue weighted by atomic mass is 9.66. The van der Waals surface area contributed by atoms with E-state index >= 15 is 0 Å². The molecule has 0 aliphatic carbocycles. The summed E-state index contributed by atoms with van der Waals surface area (Å²) in [4.78, 5) is 11.6. The quantitative estimate of drug-likeness (QED) is 0.838. The van der Waals surface area contributed by atoms with Crippen LogP contribution < -0.4 is 5.73 Å². The molecule has 1 unspecified atom stereocenters. The molecule has 1 atom stereocenters. The fourth-order valence-corrected chi connectivity index (χ4v) is 1.94. The van der Waals surface area contributed by atoms with E-state index < -0.39 is 16.9 Å². The minimum atomic E-state index is -0.828. The van der Waals surface area contributed by atoms with Crippen molar-refractivity contribution in [2.45, 2.75) is 38.1 Å². The van der Waals surface area contributed by atoms with Crippen LogP contribution in [0.2, 0.25) is 0 Å². The fraction of sp³-hybridized carbons (Fsp3) is 0.500. The van der Waals surface area contributed by atoms with Crippen LogP contribution in [0, 0.1) is 5.82 Å². The van der Waals surface area contributed by atoms with Crippen molar-refractivity contribution in [3.63, 3.8) is 0 Å². The molecule has 0 aliphatic rings. The summed E-state index contributed by atoms with van der Waals surface area (Å²) >= 11 is 0. The Bertz CT molecular complexity index is 440. The van der Waals surface area contributed by atoms with E-state index in [0.717, 1.165) is 0 Å². The third kappa shape index (κ3) is 2.70. The molecule has 0 aromatic heterocycles. The largest absolute Gasteiger partial charge is 0.469 e. The van der Waals surface area contributed by atoms with Gasteiger partial charge in [0.1, 0.15) is 5.82 Å². The second-order valence-corrected chi connectivity index (χ2v) is 5.29. The molecule has 18 heavy (non-hydrogen) atoms. The molecule has 100 valence electrons. The molecule has 0 fully saturated rings. The predicted molar refractivity (Wildman–Crippen MR) is 68.7 cm³/mol. The molecule has 0 amide bonds. The Hall–Kier alpha value is -1.42. The van der Waals surface area contributed by atoms with Crippen molar-refractivity contribution in [3.05, 3.63) is 35.6 Å². The van der Waals surface area contributed by atoms with Crippen LogP contribution in [0.3, 0.4) is 0 Å². The van der Waals surface area contributed by atoms with Crippen LogP contribution >= 0.6 is 0 Å². The van der Waals surface area contributed by atoms with E-state index in [2.05, 4.69) is 4.74 Å². The van der Waals surface area contributed by atoms with Gasteiger partial charge < -0.3 is 10.5 Å². The third-order valence-corrected chi connectivity index (χ3v) is 3.62. The second-order valence-electron chi connectivity index (χ2n) is 5.29. The average Bonchev–Trinajstić information content (AvgIpc) is 2.27. The highest BCUT2D eigenvalue weighted by Crippen LogP contribution is 2.38. The Morgan fingerprint density at radius 1 is 1.33 bits per heavy atom. The average molecular weight is 253 g/mol. The molecule has 1 rings (SSSR count). The molecule has 3 nitrogen and oxygen atoms in total. The van der Waals surface area contributed by atoms with Gasteiger partial charge in [-0.05, 0) is 25.5 Å². The van der Waals surface area contributed by atoms with E-state index in [-0.39, 0.29) is 12.2 Å². The number of nitrogens with two attached hydrogens (primary N) is 1. The van der Waals surface area contributed by atoms with Crippen molar-refractivity contribution in [1.82, 2.24) is 0 Å². The van der Waals surface area contributed by atoms with Gasteiger partial charge in [-0.15, -0.1) is 0 Å².